The second kappa shape index (κ2) is 12.7. The summed E-state index contributed by atoms with van der Waals surface area (Å²) in [4.78, 5) is 32.4. The van der Waals surface area contributed by atoms with E-state index >= 15 is 0 Å². The highest BCUT2D eigenvalue weighted by molar-refractivity contribution is 5.95. The molecule has 9 heteroatoms. The van der Waals surface area contributed by atoms with Crippen LogP contribution in [-0.2, 0) is 16.1 Å². The van der Waals surface area contributed by atoms with Crippen molar-refractivity contribution in [3.8, 4) is 5.75 Å². The van der Waals surface area contributed by atoms with E-state index in [4.69, 9.17) is 20.2 Å². The van der Waals surface area contributed by atoms with Crippen LogP contribution in [0, 0.1) is 11.8 Å². The van der Waals surface area contributed by atoms with Gasteiger partial charge in [-0.3, -0.25) is 9.59 Å². The molecule has 1 saturated heterocycles. The van der Waals surface area contributed by atoms with E-state index in [9.17, 15) is 9.59 Å². The van der Waals surface area contributed by atoms with Crippen LogP contribution in [0.25, 0.3) is 11.0 Å². The van der Waals surface area contributed by atoms with Gasteiger partial charge in [-0.1, -0.05) is 21.3 Å². The molecule has 2 amide bonds. The molecule has 1 aliphatic heterocycles. The van der Waals surface area contributed by atoms with Crippen molar-refractivity contribution in [1.82, 2.24) is 19.8 Å². The van der Waals surface area contributed by atoms with E-state index in [1.165, 1.54) is 0 Å². The molecule has 1 aromatic carbocycles. The van der Waals surface area contributed by atoms with Gasteiger partial charge in [0.1, 0.15) is 5.75 Å². The summed E-state index contributed by atoms with van der Waals surface area (Å²) in [5, 5.41) is 3.28. The third-order valence-corrected chi connectivity index (χ3v) is 6.12. The maximum absolute atomic E-state index is 13.9. The molecule has 0 unspecified atom stereocenters. The average Bonchev–Trinajstić information content (AvgIpc) is 3.17. The average molecular weight is 476 g/mol. The molecule has 3 rings (SSSR count). The molecule has 1 aromatic heterocycles. The van der Waals surface area contributed by atoms with E-state index < -0.39 is 0 Å². The maximum Gasteiger partial charge on any atom is 0.290 e. The van der Waals surface area contributed by atoms with Crippen LogP contribution in [0.2, 0.25) is 0 Å². The number of carbonyl (C=O) groups excluding carboxylic acids is 2. The molecular formula is C25H41N5O4. The zero-order valence-corrected chi connectivity index (χ0v) is 20.2. The Bertz CT molecular complexity index is 958. The van der Waals surface area contributed by atoms with Crippen LogP contribution in [0.3, 0.4) is 0 Å². The minimum atomic E-state index is -0.332. The fourth-order valence-corrected chi connectivity index (χ4v) is 4.43. The molecule has 3 N–H and O–H groups in total. The maximum atomic E-state index is 13.9. The lowest BCUT2D eigenvalue weighted by Gasteiger charge is -2.38. The van der Waals surface area contributed by atoms with Crippen LogP contribution in [0.1, 0.15) is 51.2 Å². The number of fused-ring (bicyclic) bond motifs is 1. The fourth-order valence-electron chi connectivity index (χ4n) is 4.43. The second-order valence-electron chi connectivity index (χ2n) is 9.14. The smallest absolute Gasteiger partial charge is 0.290 e. The molecule has 9 nitrogen and oxygen atoms in total. The third-order valence-electron chi connectivity index (χ3n) is 6.12. The molecule has 1 aliphatic rings. The number of carbonyl (C=O) groups is 2. The van der Waals surface area contributed by atoms with Crippen LogP contribution in [-0.4, -0.2) is 72.8 Å². The number of rotatable bonds is 11. The molecule has 1 fully saturated rings. The molecule has 0 aliphatic carbocycles. The lowest BCUT2D eigenvalue weighted by Crippen LogP contribution is -2.54. The van der Waals surface area contributed by atoms with Crippen LogP contribution >= 0.6 is 0 Å². The molecule has 2 aromatic rings. The van der Waals surface area contributed by atoms with Gasteiger partial charge in [0.15, 0.2) is 5.82 Å². The van der Waals surface area contributed by atoms with Gasteiger partial charge in [0, 0.05) is 52.0 Å². The van der Waals surface area contributed by atoms with Gasteiger partial charge in [0.25, 0.3) is 5.91 Å². The van der Waals surface area contributed by atoms with Crippen LogP contribution < -0.4 is 15.8 Å². The van der Waals surface area contributed by atoms with Gasteiger partial charge < -0.3 is 30.0 Å². The highest BCUT2D eigenvalue weighted by Crippen LogP contribution is 2.25. The lowest BCUT2D eigenvalue weighted by molar-refractivity contribution is -0.122. The molecule has 2 atom stereocenters. The second-order valence-corrected chi connectivity index (χ2v) is 9.14. The number of benzene rings is 1. The van der Waals surface area contributed by atoms with Crippen molar-refractivity contribution < 1.29 is 19.1 Å². The Morgan fingerprint density at radius 2 is 2.03 bits per heavy atom. The van der Waals surface area contributed by atoms with E-state index in [0.717, 1.165) is 29.6 Å². The highest BCUT2D eigenvalue weighted by Gasteiger charge is 2.34. The highest BCUT2D eigenvalue weighted by atomic mass is 16.5. The van der Waals surface area contributed by atoms with Crippen LogP contribution in [0.4, 0.5) is 0 Å². The molecular weight excluding hydrogens is 434 g/mol. The number of nitrogens with two attached hydrogens (primary N) is 1. The summed E-state index contributed by atoms with van der Waals surface area (Å²) in [5.74, 6) is 0.659. The Morgan fingerprint density at radius 3 is 2.68 bits per heavy atom. The van der Waals surface area contributed by atoms with Crippen LogP contribution in [0.5, 0.6) is 5.75 Å². The summed E-state index contributed by atoms with van der Waals surface area (Å²) in [5.41, 5.74) is 7.21. The first-order valence-electron chi connectivity index (χ1n) is 11.7. The van der Waals surface area contributed by atoms with Crippen molar-refractivity contribution in [3.63, 3.8) is 0 Å². The van der Waals surface area contributed by atoms with Crippen molar-refractivity contribution >= 4 is 22.8 Å². The lowest BCUT2D eigenvalue weighted by atomic mass is 9.93. The topological polar surface area (TPSA) is 112 Å². The fraction of sp³-hybridized carbons (Fsp3) is 0.640. The first kappa shape index (κ1) is 27.6. The summed E-state index contributed by atoms with van der Waals surface area (Å²) in [6.07, 6.45) is 2.30. The summed E-state index contributed by atoms with van der Waals surface area (Å²) in [6, 6.07) is 5.54. The van der Waals surface area contributed by atoms with Gasteiger partial charge in [0.2, 0.25) is 5.91 Å². The van der Waals surface area contributed by atoms with Gasteiger partial charge in [0.05, 0.1) is 24.1 Å². The number of aryl methyl sites for hydroxylation is 1. The number of imidazole rings is 1. The Labute approximate surface area is 203 Å². The van der Waals surface area contributed by atoms with Gasteiger partial charge in [-0.15, -0.1) is 0 Å². The van der Waals surface area contributed by atoms with Crippen molar-refractivity contribution in [3.05, 3.63) is 24.0 Å². The van der Waals surface area contributed by atoms with E-state index in [1.807, 2.05) is 27.7 Å². The number of methoxy groups -OCH3 is 2. The Morgan fingerprint density at radius 1 is 1.26 bits per heavy atom. The number of unbranched alkanes of at least 4 members (excludes halogenated alkanes) is 1. The number of hydrogen-bond acceptors (Lipinski definition) is 6. The number of nitrogens with one attached hydrogen (secondary N) is 1. The molecule has 34 heavy (non-hydrogen) atoms. The molecule has 0 saturated carbocycles. The zero-order chi connectivity index (χ0) is 24.0. The zero-order valence-electron chi connectivity index (χ0n) is 20.2. The van der Waals surface area contributed by atoms with Crippen molar-refractivity contribution in [2.24, 2.45) is 17.6 Å². The van der Waals surface area contributed by atoms with Crippen molar-refractivity contribution in [2.45, 2.75) is 53.1 Å². The quantitative estimate of drug-likeness (QED) is 0.483. The van der Waals surface area contributed by atoms with E-state index in [2.05, 4.69) is 19.2 Å². The molecule has 0 radical (unpaired) electrons. The molecule has 0 bridgehead atoms. The number of nitrogens with zero attached hydrogens (tertiary/aromatic N) is 3. The summed E-state index contributed by atoms with van der Waals surface area (Å²) >= 11 is 0. The normalized spacial score (nSPS) is 18.0. The first-order chi connectivity index (χ1) is 15.8. The van der Waals surface area contributed by atoms with Gasteiger partial charge in [-0.05, 0) is 37.3 Å². The Kier molecular flexibility index (Phi) is 10.3. The van der Waals surface area contributed by atoms with E-state index in [1.54, 1.807) is 14.2 Å². The van der Waals surface area contributed by atoms with Gasteiger partial charge >= 0.3 is 0 Å². The summed E-state index contributed by atoms with van der Waals surface area (Å²) in [7, 11) is 3.32. The first-order valence-corrected chi connectivity index (χ1v) is 11.7. The number of hydrogen-bond donors (Lipinski definition) is 2. The number of primary amides is 1. The Hall–Kier alpha value is -2.65. The number of ether oxygens (including phenoxy) is 2. The third kappa shape index (κ3) is 6.48. The predicted molar refractivity (Wildman–Crippen MR) is 134 cm³/mol. The number of piperidine rings is 1. The van der Waals surface area contributed by atoms with Crippen molar-refractivity contribution in [2.75, 3.05) is 40.5 Å². The Balaban J connectivity index is 0.00000408. The monoisotopic (exact) mass is 475 g/mol. The van der Waals surface area contributed by atoms with Gasteiger partial charge in [-0.2, -0.15) is 0 Å². The number of amides is 2. The van der Waals surface area contributed by atoms with Crippen LogP contribution in [0.15, 0.2) is 18.2 Å². The summed E-state index contributed by atoms with van der Waals surface area (Å²) < 4.78 is 12.6. The molecule has 0 spiro atoms. The minimum Gasteiger partial charge on any atom is -0.497 e. The van der Waals surface area contributed by atoms with E-state index in [-0.39, 0.29) is 37.1 Å². The standard InChI is InChI=1S/C24H37N5O4.CH4/c1-16(2)15-29(18-11-17(22(25)30)13-26-14-18)24(31)23-27-20-8-7-19(33-4)12-21(20)28(23)9-5-6-10-32-3;/h7-8,12,16-18,26H,5-6,9-11,13-15H2,1-4H3,(H2,25,30);1H4/t17-,18+;/m1./s1. The van der Waals surface area contributed by atoms with E-state index in [0.29, 0.717) is 45.0 Å². The minimum absolute atomic E-state index is 0. The molecule has 2 heterocycles. The number of aromatic nitrogens is 2. The van der Waals surface area contributed by atoms with Crippen molar-refractivity contribution in [1.29, 1.82) is 0 Å². The largest absolute Gasteiger partial charge is 0.497 e. The summed E-state index contributed by atoms with van der Waals surface area (Å²) in [6.45, 7) is 7.24. The predicted octanol–water partition coefficient (Wildman–Crippen LogP) is 2.67. The molecule has 190 valence electrons. The SMILES string of the molecule is C.COCCCCn1c(C(=O)N(CC(C)C)[C@@H]2CNC[C@H](C(N)=O)C2)nc2ccc(OC)cc21. The van der Waals surface area contributed by atoms with Gasteiger partial charge in [-0.25, -0.2) is 4.98 Å².